The quantitative estimate of drug-likeness (QED) is 0.627. The van der Waals surface area contributed by atoms with Crippen molar-refractivity contribution < 1.29 is 0 Å². The number of benzene rings is 1. The fraction of sp³-hybridized carbons (Fsp3) is 0.316. The molecule has 130 valence electrons. The van der Waals surface area contributed by atoms with Crippen molar-refractivity contribution in [2.45, 2.75) is 27.2 Å². The number of nitrogens with two attached hydrogens (primary N) is 1. The Labute approximate surface area is 147 Å². The summed E-state index contributed by atoms with van der Waals surface area (Å²) in [6.07, 6.45) is 2.57. The number of nitrogens with one attached hydrogen (secondary N) is 2. The maximum absolute atomic E-state index is 6.25. The van der Waals surface area contributed by atoms with Crippen LogP contribution in [-0.2, 0) is 0 Å². The number of rotatable bonds is 6. The Morgan fingerprint density at radius 3 is 2.68 bits per heavy atom. The molecule has 25 heavy (non-hydrogen) atoms. The molecule has 0 unspecified atom stereocenters. The van der Waals surface area contributed by atoms with Crippen LogP contribution in [0.15, 0.2) is 36.7 Å². The highest BCUT2D eigenvalue weighted by Gasteiger charge is 2.10. The Balaban J connectivity index is 1.86. The van der Waals surface area contributed by atoms with Crippen LogP contribution in [0.3, 0.4) is 0 Å². The van der Waals surface area contributed by atoms with Gasteiger partial charge in [-0.3, -0.25) is 4.98 Å². The molecule has 2 aromatic heterocycles. The molecule has 2 heterocycles. The zero-order chi connectivity index (χ0) is 17.8. The van der Waals surface area contributed by atoms with Gasteiger partial charge in [-0.05, 0) is 43.5 Å². The van der Waals surface area contributed by atoms with Crippen LogP contribution in [0, 0.1) is 12.8 Å². The lowest BCUT2D eigenvalue weighted by Crippen LogP contribution is -2.10. The van der Waals surface area contributed by atoms with E-state index in [1.54, 1.807) is 0 Å². The number of hydrogen-bond acceptors (Lipinski definition) is 6. The van der Waals surface area contributed by atoms with E-state index in [4.69, 9.17) is 5.73 Å². The van der Waals surface area contributed by atoms with Crippen molar-refractivity contribution in [3.8, 4) is 0 Å². The summed E-state index contributed by atoms with van der Waals surface area (Å²) in [6.45, 7) is 7.19. The van der Waals surface area contributed by atoms with Crippen molar-refractivity contribution in [1.29, 1.82) is 0 Å². The minimum Gasteiger partial charge on any atom is -0.393 e. The van der Waals surface area contributed by atoms with Crippen LogP contribution in [0.25, 0.3) is 10.9 Å². The van der Waals surface area contributed by atoms with Gasteiger partial charge in [0.15, 0.2) is 11.6 Å². The van der Waals surface area contributed by atoms with Crippen LogP contribution in [0.4, 0.5) is 23.0 Å². The molecular formula is C19H24N6. The van der Waals surface area contributed by atoms with E-state index in [1.807, 2.05) is 31.2 Å². The topological polar surface area (TPSA) is 88.8 Å². The number of aromatic nitrogens is 3. The third-order valence-electron chi connectivity index (χ3n) is 4.02. The molecular weight excluding hydrogens is 312 g/mol. The molecule has 0 saturated heterocycles. The SMILES string of the molecule is Cc1ccc2c(Nc3ncnc(NCCC(C)C)c3N)cccc2n1. The van der Waals surface area contributed by atoms with Gasteiger partial charge >= 0.3 is 0 Å². The summed E-state index contributed by atoms with van der Waals surface area (Å²) in [4.78, 5) is 13.1. The second-order valence-electron chi connectivity index (χ2n) is 6.54. The van der Waals surface area contributed by atoms with Crippen molar-refractivity contribution in [3.05, 3.63) is 42.4 Å². The smallest absolute Gasteiger partial charge is 0.159 e. The Morgan fingerprint density at radius 2 is 1.88 bits per heavy atom. The number of aryl methyl sites for hydroxylation is 1. The third kappa shape index (κ3) is 3.96. The van der Waals surface area contributed by atoms with E-state index in [9.17, 15) is 0 Å². The molecule has 6 heteroatoms. The van der Waals surface area contributed by atoms with Gasteiger partial charge < -0.3 is 16.4 Å². The molecule has 0 aliphatic carbocycles. The number of fused-ring (bicyclic) bond motifs is 1. The fourth-order valence-corrected chi connectivity index (χ4v) is 2.61. The van der Waals surface area contributed by atoms with E-state index in [0.717, 1.165) is 35.2 Å². The first kappa shape index (κ1) is 17.0. The van der Waals surface area contributed by atoms with Crippen LogP contribution in [-0.4, -0.2) is 21.5 Å². The van der Waals surface area contributed by atoms with E-state index in [2.05, 4.69) is 45.5 Å². The molecule has 0 radical (unpaired) electrons. The van der Waals surface area contributed by atoms with Gasteiger partial charge in [0, 0.05) is 23.3 Å². The van der Waals surface area contributed by atoms with Gasteiger partial charge in [-0.15, -0.1) is 0 Å². The van der Waals surface area contributed by atoms with Crippen molar-refractivity contribution in [1.82, 2.24) is 15.0 Å². The van der Waals surface area contributed by atoms with E-state index in [0.29, 0.717) is 23.2 Å². The van der Waals surface area contributed by atoms with Crippen LogP contribution in [0.2, 0.25) is 0 Å². The average Bonchev–Trinajstić information content (AvgIpc) is 2.57. The van der Waals surface area contributed by atoms with E-state index in [-0.39, 0.29) is 0 Å². The number of nitrogens with zero attached hydrogens (tertiary/aromatic N) is 3. The zero-order valence-electron chi connectivity index (χ0n) is 14.9. The van der Waals surface area contributed by atoms with Crippen molar-refractivity contribution in [3.63, 3.8) is 0 Å². The first-order valence-corrected chi connectivity index (χ1v) is 8.52. The van der Waals surface area contributed by atoms with Gasteiger partial charge in [-0.25, -0.2) is 9.97 Å². The summed E-state index contributed by atoms with van der Waals surface area (Å²) in [5.74, 6) is 1.88. The van der Waals surface area contributed by atoms with E-state index < -0.39 is 0 Å². The van der Waals surface area contributed by atoms with Gasteiger partial charge in [-0.1, -0.05) is 19.9 Å². The summed E-state index contributed by atoms with van der Waals surface area (Å²) in [7, 11) is 0. The summed E-state index contributed by atoms with van der Waals surface area (Å²) < 4.78 is 0. The number of hydrogen-bond donors (Lipinski definition) is 3. The summed E-state index contributed by atoms with van der Waals surface area (Å²) in [6, 6.07) is 10.0. The summed E-state index contributed by atoms with van der Waals surface area (Å²) in [5.41, 5.74) is 9.61. The molecule has 0 spiro atoms. The second-order valence-corrected chi connectivity index (χ2v) is 6.54. The average molecular weight is 336 g/mol. The van der Waals surface area contributed by atoms with Crippen molar-refractivity contribution in [2.24, 2.45) is 5.92 Å². The monoisotopic (exact) mass is 336 g/mol. The highest BCUT2D eigenvalue weighted by atomic mass is 15.1. The predicted molar refractivity (Wildman–Crippen MR) is 104 cm³/mol. The third-order valence-corrected chi connectivity index (χ3v) is 4.02. The first-order valence-electron chi connectivity index (χ1n) is 8.52. The largest absolute Gasteiger partial charge is 0.393 e. The van der Waals surface area contributed by atoms with Crippen LogP contribution in [0.5, 0.6) is 0 Å². The molecule has 1 aromatic carbocycles. The minimum atomic E-state index is 0.517. The van der Waals surface area contributed by atoms with E-state index in [1.165, 1.54) is 6.33 Å². The number of pyridine rings is 1. The molecule has 6 nitrogen and oxygen atoms in total. The predicted octanol–water partition coefficient (Wildman–Crippen LogP) is 4.12. The highest BCUT2D eigenvalue weighted by molar-refractivity contribution is 5.94. The van der Waals surface area contributed by atoms with Gasteiger partial charge in [0.25, 0.3) is 0 Å². The van der Waals surface area contributed by atoms with Crippen LogP contribution >= 0.6 is 0 Å². The fourth-order valence-electron chi connectivity index (χ4n) is 2.61. The van der Waals surface area contributed by atoms with Gasteiger partial charge in [0.2, 0.25) is 0 Å². The Kier molecular flexibility index (Phi) is 4.97. The first-order chi connectivity index (χ1) is 12.0. The van der Waals surface area contributed by atoms with Crippen molar-refractivity contribution in [2.75, 3.05) is 22.9 Å². The highest BCUT2D eigenvalue weighted by Crippen LogP contribution is 2.29. The lowest BCUT2D eigenvalue weighted by atomic mass is 10.1. The molecule has 0 saturated carbocycles. The molecule has 4 N–H and O–H groups in total. The van der Waals surface area contributed by atoms with Gasteiger partial charge in [0.1, 0.15) is 12.0 Å². The molecule has 0 bridgehead atoms. The normalized spacial score (nSPS) is 11.0. The Morgan fingerprint density at radius 1 is 1.08 bits per heavy atom. The van der Waals surface area contributed by atoms with Crippen LogP contribution < -0.4 is 16.4 Å². The molecule has 0 fully saturated rings. The molecule has 0 atom stereocenters. The minimum absolute atomic E-state index is 0.517. The van der Waals surface area contributed by atoms with Gasteiger partial charge in [-0.2, -0.15) is 0 Å². The Bertz CT molecular complexity index is 875. The van der Waals surface area contributed by atoms with Gasteiger partial charge in [0.05, 0.1) is 5.52 Å². The molecule has 3 aromatic rings. The standard InChI is InChI=1S/C19H24N6/c1-12(2)9-10-21-18-17(20)19(23-11-22-18)25-16-6-4-5-15-14(16)8-7-13(3)24-15/h4-8,11-12H,9-10,20H2,1-3H3,(H2,21,22,23,25). The second kappa shape index (κ2) is 7.34. The molecule has 0 aliphatic rings. The molecule has 0 amide bonds. The van der Waals surface area contributed by atoms with Crippen molar-refractivity contribution >= 4 is 33.9 Å². The van der Waals surface area contributed by atoms with E-state index >= 15 is 0 Å². The van der Waals surface area contributed by atoms with Crippen LogP contribution in [0.1, 0.15) is 26.0 Å². The zero-order valence-corrected chi connectivity index (χ0v) is 14.9. The Hall–Kier alpha value is -2.89. The maximum atomic E-state index is 6.25. The molecule has 3 rings (SSSR count). The summed E-state index contributed by atoms with van der Waals surface area (Å²) >= 11 is 0. The summed E-state index contributed by atoms with van der Waals surface area (Å²) in [5, 5.41) is 7.63. The number of anilines is 4. The molecule has 0 aliphatic heterocycles. The number of nitrogen functional groups attached to an aromatic ring is 1. The lowest BCUT2D eigenvalue weighted by Gasteiger charge is -2.14. The lowest BCUT2D eigenvalue weighted by molar-refractivity contribution is 0.606. The maximum Gasteiger partial charge on any atom is 0.159 e.